The monoisotopic (exact) mass is 207 g/mol. The summed E-state index contributed by atoms with van der Waals surface area (Å²) in [4.78, 5) is 11.0. The molecule has 3 atom stereocenters. The van der Waals surface area contributed by atoms with Gasteiger partial charge in [0.15, 0.2) is 0 Å². The van der Waals surface area contributed by atoms with Crippen molar-refractivity contribution in [2.75, 3.05) is 0 Å². The second kappa shape index (κ2) is 2.83. The highest BCUT2D eigenvalue weighted by molar-refractivity contribution is 5.67. The Labute approximate surface area is 88.5 Å². The van der Waals surface area contributed by atoms with Crippen molar-refractivity contribution in [3.8, 4) is 6.07 Å². The van der Waals surface area contributed by atoms with E-state index in [1.54, 1.807) is 6.92 Å². The Balaban J connectivity index is 2.40. The molecular formula is C11H13NO3. The standard InChI is InChI=1S/C11H13NO3/c1-7-4-10(3)11(6-12,14-8(2)13)5-9(7)15-10/h4,9H,5H2,1-3H3/t9-,10-,11-/m0/s1. The van der Waals surface area contributed by atoms with Crippen LogP contribution >= 0.6 is 0 Å². The molecule has 0 aliphatic carbocycles. The number of esters is 1. The number of ether oxygens (including phenoxy) is 2. The molecule has 80 valence electrons. The van der Waals surface area contributed by atoms with E-state index in [4.69, 9.17) is 9.47 Å². The molecule has 0 aromatic heterocycles. The fraction of sp³-hybridized carbons (Fsp3) is 0.636. The van der Waals surface area contributed by atoms with Crippen LogP contribution in [-0.4, -0.2) is 23.3 Å². The summed E-state index contributed by atoms with van der Waals surface area (Å²) in [6, 6.07) is 2.09. The van der Waals surface area contributed by atoms with Gasteiger partial charge in [0, 0.05) is 13.3 Å². The molecule has 0 amide bonds. The second-order valence-electron chi connectivity index (χ2n) is 4.34. The van der Waals surface area contributed by atoms with Crippen LogP contribution in [-0.2, 0) is 14.3 Å². The van der Waals surface area contributed by atoms with Gasteiger partial charge in [0.05, 0.1) is 6.10 Å². The zero-order valence-electron chi connectivity index (χ0n) is 9.03. The van der Waals surface area contributed by atoms with Crippen LogP contribution in [0.1, 0.15) is 27.2 Å². The topological polar surface area (TPSA) is 59.3 Å². The summed E-state index contributed by atoms with van der Waals surface area (Å²) >= 11 is 0. The van der Waals surface area contributed by atoms with Crippen molar-refractivity contribution in [3.63, 3.8) is 0 Å². The number of nitrogens with zero attached hydrogens (tertiary/aromatic N) is 1. The number of hydrogen-bond donors (Lipinski definition) is 0. The Bertz CT molecular complexity index is 395. The number of carbonyl (C=O) groups is 1. The third-order valence-corrected chi connectivity index (χ3v) is 3.17. The predicted octanol–water partition coefficient (Wildman–Crippen LogP) is 1.32. The zero-order valence-corrected chi connectivity index (χ0v) is 9.03. The van der Waals surface area contributed by atoms with E-state index in [2.05, 4.69) is 6.07 Å². The molecule has 0 radical (unpaired) electrons. The van der Waals surface area contributed by atoms with E-state index in [1.165, 1.54) is 6.92 Å². The smallest absolute Gasteiger partial charge is 0.304 e. The van der Waals surface area contributed by atoms with Gasteiger partial charge < -0.3 is 9.47 Å². The second-order valence-corrected chi connectivity index (χ2v) is 4.34. The molecule has 15 heavy (non-hydrogen) atoms. The van der Waals surface area contributed by atoms with E-state index < -0.39 is 17.2 Å². The SMILES string of the molecule is CC(=O)O[C@]1(C#N)C[C@@H]2O[C@@]1(C)C=C2C. The van der Waals surface area contributed by atoms with E-state index in [9.17, 15) is 10.1 Å². The Morgan fingerprint density at radius 3 is 2.80 bits per heavy atom. The van der Waals surface area contributed by atoms with E-state index in [-0.39, 0.29) is 6.10 Å². The normalized spacial score (nSPS) is 42.3. The van der Waals surface area contributed by atoms with E-state index >= 15 is 0 Å². The minimum absolute atomic E-state index is 0.0889. The lowest BCUT2D eigenvalue weighted by Gasteiger charge is -2.33. The fourth-order valence-corrected chi connectivity index (χ4v) is 2.40. The average molecular weight is 207 g/mol. The van der Waals surface area contributed by atoms with Gasteiger partial charge in [-0.25, -0.2) is 0 Å². The number of nitriles is 1. The van der Waals surface area contributed by atoms with Crippen LogP contribution in [0.25, 0.3) is 0 Å². The summed E-state index contributed by atoms with van der Waals surface area (Å²) in [5.41, 5.74) is -0.832. The van der Waals surface area contributed by atoms with Crippen molar-refractivity contribution in [1.82, 2.24) is 0 Å². The molecule has 0 spiro atoms. The van der Waals surface area contributed by atoms with E-state index in [0.717, 1.165) is 5.57 Å². The van der Waals surface area contributed by atoms with E-state index in [0.29, 0.717) is 6.42 Å². The van der Waals surface area contributed by atoms with E-state index in [1.807, 2.05) is 13.0 Å². The van der Waals surface area contributed by atoms with Crippen molar-refractivity contribution in [2.24, 2.45) is 0 Å². The lowest BCUT2D eigenvalue weighted by atomic mass is 9.78. The predicted molar refractivity (Wildman–Crippen MR) is 51.8 cm³/mol. The maximum atomic E-state index is 11.0. The van der Waals surface area contributed by atoms with Gasteiger partial charge in [-0.1, -0.05) is 0 Å². The number of fused-ring (bicyclic) bond motifs is 2. The van der Waals surface area contributed by atoms with Crippen molar-refractivity contribution in [3.05, 3.63) is 11.6 Å². The Morgan fingerprint density at radius 2 is 2.47 bits per heavy atom. The first-order chi connectivity index (χ1) is 6.92. The molecular weight excluding hydrogens is 194 g/mol. The maximum absolute atomic E-state index is 11.0. The molecule has 2 aliphatic heterocycles. The van der Waals surface area contributed by atoms with Crippen LogP contribution in [0.5, 0.6) is 0 Å². The number of hydrogen-bond acceptors (Lipinski definition) is 4. The zero-order chi connectivity index (χ0) is 11.3. The van der Waals surface area contributed by atoms with Gasteiger partial charge in [-0.3, -0.25) is 4.79 Å². The Hall–Kier alpha value is -1.34. The highest BCUT2D eigenvalue weighted by Gasteiger charge is 2.63. The summed E-state index contributed by atoms with van der Waals surface area (Å²) in [7, 11) is 0. The van der Waals surface area contributed by atoms with Crippen molar-refractivity contribution in [2.45, 2.75) is 44.5 Å². The van der Waals surface area contributed by atoms with Gasteiger partial charge in [-0.05, 0) is 25.5 Å². The van der Waals surface area contributed by atoms with Gasteiger partial charge in [0.1, 0.15) is 11.7 Å². The van der Waals surface area contributed by atoms with Crippen molar-refractivity contribution >= 4 is 5.97 Å². The van der Waals surface area contributed by atoms with Crippen LogP contribution in [0.3, 0.4) is 0 Å². The molecule has 0 aromatic rings. The molecule has 1 fully saturated rings. The summed E-state index contributed by atoms with van der Waals surface area (Å²) in [5, 5.41) is 9.20. The first-order valence-electron chi connectivity index (χ1n) is 4.90. The summed E-state index contributed by atoms with van der Waals surface area (Å²) in [5.74, 6) is -0.444. The molecule has 2 heterocycles. The molecule has 1 saturated heterocycles. The maximum Gasteiger partial charge on any atom is 0.304 e. The molecule has 0 aromatic carbocycles. The van der Waals surface area contributed by atoms with Crippen LogP contribution in [0, 0.1) is 11.3 Å². The first-order valence-corrected chi connectivity index (χ1v) is 4.90. The van der Waals surface area contributed by atoms with Gasteiger partial charge in [-0.2, -0.15) is 5.26 Å². The Morgan fingerprint density at radius 1 is 1.80 bits per heavy atom. The fourth-order valence-electron chi connectivity index (χ4n) is 2.40. The molecule has 0 N–H and O–H groups in total. The Kier molecular flexibility index (Phi) is 1.92. The molecule has 0 unspecified atom stereocenters. The third-order valence-electron chi connectivity index (χ3n) is 3.17. The van der Waals surface area contributed by atoms with Crippen molar-refractivity contribution < 1.29 is 14.3 Å². The molecule has 4 nitrogen and oxygen atoms in total. The summed E-state index contributed by atoms with van der Waals surface area (Å²) in [6.07, 6.45) is 2.23. The summed E-state index contributed by atoms with van der Waals surface area (Å²) < 4.78 is 10.9. The van der Waals surface area contributed by atoms with Crippen LogP contribution in [0.4, 0.5) is 0 Å². The molecule has 2 bridgehead atoms. The highest BCUT2D eigenvalue weighted by Crippen LogP contribution is 2.50. The lowest BCUT2D eigenvalue weighted by molar-refractivity contribution is -0.160. The number of rotatable bonds is 1. The minimum atomic E-state index is -1.15. The van der Waals surface area contributed by atoms with Crippen molar-refractivity contribution in [1.29, 1.82) is 5.26 Å². The molecule has 2 aliphatic rings. The quantitative estimate of drug-likeness (QED) is 0.480. The molecule has 2 rings (SSSR count). The van der Waals surface area contributed by atoms with Gasteiger partial charge in [0.2, 0.25) is 5.60 Å². The van der Waals surface area contributed by atoms with Gasteiger partial charge >= 0.3 is 5.97 Å². The van der Waals surface area contributed by atoms with Crippen LogP contribution in [0.15, 0.2) is 11.6 Å². The number of carbonyl (C=O) groups excluding carboxylic acids is 1. The van der Waals surface area contributed by atoms with Gasteiger partial charge in [-0.15, -0.1) is 0 Å². The first kappa shape index (κ1) is 10.2. The summed E-state index contributed by atoms with van der Waals surface area (Å²) in [6.45, 7) is 5.06. The molecule has 4 heteroatoms. The molecule has 0 saturated carbocycles. The van der Waals surface area contributed by atoms with Crippen LogP contribution in [0.2, 0.25) is 0 Å². The highest BCUT2D eigenvalue weighted by atomic mass is 16.6. The third kappa shape index (κ3) is 1.20. The minimum Gasteiger partial charge on any atom is -0.440 e. The largest absolute Gasteiger partial charge is 0.440 e. The van der Waals surface area contributed by atoms with Crippen LogP contribution < -0.4 is 0 Å². The average Bonchev–Trinajstić information content (AvgIpc) is 2.54. The lowest BCUT2D eigenvalue weighted by Crippen LogP contribution is -2.49. The van der Waals surface area contributed by atoms with Gasteiger partial charge in [0.25, 0.3) is 0 Å².